The lowest BCUT2D eigenvalue weighted by Crippen LogP contribution is -2.62. The van der Waals surface area contributed by atoms with Crippen molar-refractivity contribution >= 4 is 109 Å². The summed E-state index contributed by atoms with van der Waals surface area (Å²) in [5.74, 6) is -6.15. The molecule has 0 radical (unpaired) electrons. The zero-order valence-electron chi connectivity index (χ0n) is 54.4. The van der Waals surface area contributed by atoms with Gasteiger partial charge in [0, 0.05) is 56.4 Å². The lowest BCUT2D eigenvalue weighted by atomic mass is 9.85. The molecule has 12 atom stereocenters. The molecule has 12 N–H and O–H groups in total. The number of allylic oxidation sites excluding steroid dienone is 1. The van der Waals surface area contributed by atoms with Crippen LogP contribution in [0.15, 0.2) is 56.9 Å². The van der Waals surface area contributed by atoms with Crippen molar-refractivity contribution in [3.05, 3.63) is 112 Å². The molecular weight excluding hydrogens is 1400 g/mol. The smallest absolute Gasteiger partial charge is 0.358 e. The molecule has 8 aromatic rings. The van der Waals surface area contributed by atoms with E-state index in [1.165, 1.54) is 49.2 Å². The maximum Gasteiger partial charge on any atom is 0.358 e. The number of hydrogen-bond acceptors (Lipinski definition) is 32. The largest absolute Gasteiger partial charge is 0.506 e. The topological polar surface area (TPSA) is 445 Å². The number of nitrogens with zero attached hydrogens (tertiary/aromatic N) is 8. The zero-order chi connectivity index (χ0) is 71.2. The molecule has 4 aliphatic heterocycles. The molecule has 12 unspecified atom stereocenters. The number of aliphatic hydroxyl groups is 5. The van der Waals surface area contributed by atoms with Gasteiger partial charge in [-0.3, -0.25) is 19.2 Å². The number of likely N-dealkylation sites (N-methyl/N-ethyl adjacent to an activating group) is 1. The number of esters is 2. The highest BCUT2D eigenvalue weighted by Crippen LogP contribution is 2.43. The Bertz CT molecular complexity index is 4460. The van der Waals surface area contributed by atoms with Gasteiger partial charge in [0.15, 0.2) is 18.1 Å². The number of pyridine rings is 1. The Labute approximate surface area is 588 Å². The molecule has 1 saturated heterocycles. The summed E-state index contributed by atoms with van der Waals surface area (Å²) >= 11 is 4.84. The fourth-order valence-corrected chi connectivity index (χ4v) is 16.5. The summed E-state index contributed by atoms with van der Waals surface area (Å²) in [5.41, 5.74) is -1.56. The molecule has 530 valence electrons. The number of carbonyl (C=O) groups is 6. The number of fused-ring (bicyclic) bond motifs is 15. The number of carbonyl (C=O) groups excluding carboxylic acids is 6. The average molecular weight is 1470 g/mol. The third-order valence-corrected chi connectivity index (χ3v) is 21.6. The first-order valence-corrected chi connectivity index (χ1v) is 35.6. The van der Waals surface area contributed by atoms with Gasteiger partial charge in [-0.05, 0) is 72.5 Å². The number of aromatic nitrogens is 7. The number of aromatic hydroxyl groups is 1. The molecule has 32 nitrogen and oxygen atoms in total. The lowest BCUT2D eigenvalue weighted by Gasteiger charge is -2.48. The molecule has 4 aliphatic rings. The normalized spacial score (nSPS) is 24.6. The highest BCUT2D eigenvalue weighted by atomic mass is 32.1. The Hall–Kier alpha value is -8.38. The summed E-state index contributed by atoms with van der Waals surface area (Å²) in [6.07, 6.45) is -9.87. The van der Waals surface area contributed by atoms with Crippen molar-refractivity contribution in [1.82, 2.24) is 66.1 Å². The second kappa shape index (κ2) is 29.7. The van der Waals surface area contributed by atoms with E-state index >= 15 is 14.4 Å². The number of hydrogen-bond donors (Lipinski definition) is 12. The van der Waals surface area contributed by atoms with Crippen LogP contribution in [0.3, 0.4) is 0 Å². The van der Waals surface area contributed by atoms with Gasteiger partial charge >= 0.3 is 11.9 Å². The summed E-state index contributed by atoms with van der Waals surface area (Å²) in [6, 6.07) is 0.847. The van der Waals surface area contributed by atoms with E-state index in [9.17, 15) is 50.2 Å². The van der Waals surface area contributed by atoms with Gasteiger partial charge in [0.2, 0.25) is 5.91 Å². The van der Waals surface area contributed by atoms with Gasteiger partial charge < -0.3 is 95.8 Å². The van der Waals surface area contributed by atoms with Crippen molar-refractivity contribution in [2.24, 2.45) is 0 Å². The Morgan fingerprint density at radius 3 is 2.24 bits per heavy atom. The summed E-state index contributed by atoms with van der Waals surface area (Å²) in [7, 11) is 4.86. The van der Waals surface area contributed by atoms with E-state index in [-0.39, 0.29) is 124 Å². The highest BCUT2D eigenvalue weighted by Gasteiger charge is 2.50. The Morgan fingerprint density at radius 2 is 1.51 bits per heavy atom. The van der Waals surface area contributed by atoms with Crippen LogP contribution in [0.1, 0.15) is 126 Å². The summed E-state index contributed by atoms with van der Waals surface area (Å²) in [4.78, 5) is 120. The predicted octanol–water partition coefficient (Wildman–Crippen LogP) is 3.36. The molecule has 0 saturated carbocycles. The van der Waals surface area contributed by atoms with Crippen molar-refractivity contribution in [3.63, 3.8) is 0 Å². The van der Waals surface area contributed by atoms with Crippen LogP contribution >= 0.6 is 56.7 Å². The molecule has 11 heterocycles. The summed E-state index contributed by atoms with van der Waals surface area (Å²) in [5, 5.41) is 98.6. The van der Waals surface area contributed by atoms with Gasteiger partial charge in [-0.2, -0.15) is 4.73 Å². The minimum absolute atomic E-state index is 0.00578. The quantitative estimate of drug-likeness (QED) is 0.0341. The second-order valence-corrected chi connectivity index (χ2v) is 28.8. The molecule has 0 spiro atoms. The first kappa shape index (κ1) is 71.4. The van der Waals surface area contributed by atoms with Crippen LogP contribution in [0.2, 0.25) is 0 Å². The minimum Gasteiger partial charge on any atom is -0.506 e. The maximum absolute atomic E-state index is 15.2. The molecule has 1 aromatic carbocycles. The molecule has 37 heteroatoms. The van der Waals surface area contributed by atoms with Gasteiger partial charge in [0.1, 0.15) is 120 Å². The summed E-state index contributed by atoms with van der Waals surface area (Å²) < 4.78 is 38.3. The number of cyclic esters (lactones) is 2. The van der Waals surface area contributed by atoms with Gasteiger partial charge in [0.25, 0.3) is 17.7 Å². The standard InChI is InChI=1S/C63H69N13O19S5/c1-25(78)43-55(85)73-44(26(2)90-7)58-69-36(24-99-58)54(84)74-47-49-50(95-41-14-63(4,88)51(75(5)6)27(3)94-41)62(87)92-17-28-9-8-10-37-42(28)31(18-91-49)48(76(37)89)61(86)93-19-32(66-52(82)34-23-100-60(47)70-34)57-67-33(21-98-57)45-30(56-68-35(22-97-56)53(83)72-43)13-39(80)46(71-45)59-65-29(20-96-59)15-64-12-11-38(79)40(81)16-77/h8-10,13,20-25,27,32,38,40-41,43,47,49-51,64,77-81,88-89H,11-12,14-19H2,1-7H3,(H,66,82)(H,72,83)(H,73,85)(H,74,84)/b44-26+. The van der Waals surface area contributed by atoms with Crippen LogP contribution < -0.4 is 26.6 Å². The van der Waals surface area contributed by atoms with Crippen LogP contribution in [0.25, 0.3) is 49.3 Å². The Morgan fingerprint density at radius 1 is 0.830 bits per heavy atom. The molecule has 4 amide bonds. The van der Waals surface area contributed by atoms with Crippen LogP contribution in [0, 0.1) is 0 Å². The zero-order valence-corrected chi connectivity index (χ0v) is 58.4. The number of nitrogens with one attached hydrogen (secondary N) is 5. The van der Waals surface area contributed by atoms with Crippen molar-refractivity contribution in [2.45, 2.75) is 133 Å². The van der Waals surface area contributed by atoms with E-state index < -0.39 is 140 Å². The number of rotatable bonds is 13. The fraction of sp³-hybridized carbons (Fsp3) is 0.429. The van der Waals surface area contributed by atoms with Gasteiger partial charge in [0.05, 0.1) is 61.5 Å². The van der Waals surface area contributed by atoms with Crippen molar-refractivity contribution in [3.8, 4) is 38.4 Å². The highest BCUT2D eigenvalue weighted by molar-refractivity contribution is 7.14. The third kappa shape index (κ3) is 14.6. The molecule has 1 fully saturated rings. The first-order chi connectivity index (χ1) is 47.8. The molecule has 100 heavy (non-hydrogen) atoms. The van der Waals surface area contributed by atoms with Crippen molar-refractivity contribution in [2.75, 3.05) is 41.0 Å². The van der Waals surface area contributed by atoms with Crippen LogP contribution in [-0.2, 0) is 57.8 Å². The first-order valence-electron chi connectivity index (χ1n) is 31.2. The third-order valence-electron chi connectivity index (χ3n) is 17.1. The molecular formula is C63H69N13O19S5. The van der Waals surface area contributed by atoms with E-state index in [1.54, 1.807) is 55.7 Å². The average Bonchev–Trinajstić information content (AvgIpc) is 1.59. The van der Waals surface area contributed by atoms with E-state index in [4.69, 9.17) is 48.4 Å². The van der Waals surface area contributed by atoms with Crippen molar-refractivity contribution < 1.29 is 93.0 Å². The van der Waals surface area contributed by atoms with Gasteiger partial charge in [-0.25, -0.2) is 39.5 Å². The number of thiazole rings is 5. The number of ether oxygens (including phenoxy) is 6. The van der Waals surface area contributed by atoms with E-state index in [1.807, 2.05) is 0 Å². The van der Waals surface area contributed by atoms with E-state index in [2.05, 4.69) is 36.6 Å². The number of benzene rings is 1. The minimum atomic E-state index is -1.91. The number of methoxy groups -OCH3 is 1. The number of aliphatic hydroxyl groups excluding tert-OH is 4. The summed E-state index contributed by atoms with van der Waals surface area (Å²) in [6.45, 7) is 4.16. The SMILES string of the molecule is CO/C(C)=C1/NC(=O)C(C(C)O)NC(=O)c2csc(n2)-c2cc(O)c(-c3nc(CNCCC(O)C(O)CO)cs3)nc2-c2csc(n2)C2COC(=O)c3c4c5c(cccc5n3O)COC(=O)C(OC3CC(C)(O)C(N(C)C)C(C)O3)C(OC4)C(NC(=O)c3csc1n3)c1nc(cs1)C(=O)N2. The Kier molecular flexibility index (Phi) is 21.2. The van der Waals surface area contributed by atoms with Crippen LogP contribution in [0.4, 0.5) is 0 Å². The lowest BCUT2D eigenvalue weighted by molar-refractivity contribution is -0.280. The van der Waals surface area contributed by atoms with Crippen LogP contribution in [0.5, 0.6) is 5.75 Å². The van der Waals surface area contributed by atoms with Gasteiger partial charge in [-0.1, -0.05) is 12.1 Å². The maximum atomic E-state index is 15.2. The van der Waals surface area contributed by atoms with E-state index in [0.29, 0.717) is 16.0 Å². The fourth-order valence-electron chi connectivity index (χ4n) is 12.3. The van der Waals surface area contributed by atoms with Crippen molar-refractivity contribution in [1.29, 1.82) is 0 Å². The number of amides is 4. The second-order valence-electron chi connectivity index (χ2n) is 24.4. The molecule has 12 bridgehead atoms. The van der Waals surface area contributed by atoms with Gasteiger partial charge in [-0.15, -0.1) is 56.7 Å². The molecule has 7 aromatic heterocycles. The molecule has 12 rings (SSSR count). The monoisotopic (exact) mass is 1470 g/mol. The molecule has 0 aliphatic carbocycles. The predicted molar refractivity (Wildman–Crippen MR) is 360 cm³/mol. The Balaban J connectivity index is 1.02. The van der Waals surface area contributed by atoms with Crippen LogP contribution in [-0.4, -0.2) is 213 Å². The van der Waals surface area contributed by atoms with E-state index in [0.717, 1.165) is 56.7 Å².